The highest BCUT2D eigenvalue weighted by atomic mass is 16.5. The van der Waals surface area contributed by atoms with Gasteiger partial charge in [-0.05, 0) is 87.2 Å². The van der Waals surface area contributed by atoms with E-state index in [1.807, 2.05) is 24.3 Å². The van der Waals surface area contributed by atoms with E-state index in [0.29, 0.717) is 58.2 Å². The fraction of sp³-hybridized carbons (Fsp3) is 0.267. The van der Waals surface area contributed by atoms with Crippen molar-refractivity contribution in [2.24, 2.45) is 0 Å². The Kier molecular flexibility index (Phi) is 8.53. The molecule has 8 heteroatoms. The fourth-order valence-corrected chi connectivity index (χ4v) is 4.16. The first-order valence-corrected chi connectivity index (χ1v) is 12.5. The van der Waals surface area contributed by atoms with Gasteiger partial charge in [-0.3, -0.25) is 4.79 Å². The summed E-state index contributed by atoms with van der Waals surface area (Å²) in [6, 6.07) is 17.4. The molecular weight excluding hydrogens is 484 g/mol. The van der Waals surface area contributed by atoms with E-state index in [4.69, 9.17) is 30.1 Å². The van der Waals surface area contributed by atoms with Crippen LogP contribution in [-0.4, -0.2) is 26.3 Å². The van der Waals surface area contributed by atoms with Gasteiger partial charge in [0.15, 0.2) is 5.43 Å². The van der Waals surface area contributed by atoms with Crippen molar-refractivity contribution < 1.29 is 23.4 Å². The molecule has 0 unspecified atom stereocenters. The molecule has 0 radical (unpaired) electrons. The van der Waals surface area contributed by atoms with E-state index in [9.17, 15) is 9.59 Å². The molecule has 0 aliphatic rings. The largest absolute Gasteiger partial charge is 0.497 e. The van der Waals surface area contributed by atoms with Crippen molar-refractivity contribution in [2.75, 3.05) is 31.8 Å². The van der Waals surface area contributed by atoms with E-state index < -0.39 is 5.97 Å². The molecule has 3 aromatic carbocycles. The van der Waals surface area contributed by atoms with Gasteiger partial charge in [-0.1, -0.05) is 0 Å². The number of carbonyl (C=O) groups excluding carboxylic acids is 1. The third-order valence-corrected chi connectivity index (χ3v) is 6.20. The monoisotopic (exact) mass is 516 g/mol. The summed E-state index contributed by atoms with van der Waals surface area (Å²) in [6.07, 6.45) is 3.41. The highest BCUT2D eigenvalue weighted by Crippen LogP contribution is 2.29. The number of esters is 1. The Bertz CT molecular complexity index is 1460. The standard InChI is InChI=1S/C30H32N2O6/c1-19-28(33)26-12-11-25(18-27(26)38-29(19)20-7-9-24(35-2)10-8-20)36-13-5-3-4-6-14-37-30(34)21-15-22(31)17-23(32)16-21/h7-12,15-18H,3-6,13-14,31-32H2,1-2H3. The first-order valence-electron chi connectivity index (χ1n) is 12.5. The van der Waals surface area contributed by atoms with Crippen LogP contribution in [0.1, 0.15) is 41.6 Å². The topological polar surface area (TPSA) is 127 Å². The Labute approximate surface area is 221 Å². The van der Waals surface area contributed by atoms with Crippen LogP contribution in [0.25, 0.3) is 22.3 Å². The zero-order chi connectivity index (χ0) is 27.1. The normalized spacial score (nSPS) is 10.9. The highest BCUT2D eigenvalue weighted by molar-refractivity contribution is 5.91. The lowest BCUT2D eigenvalue weighted by Gasteiger charge is -2.10. The van der Waals surface area contributed by atoms with Crippen molar-refractivity contribution in [3.8, 4) is 22.8 Å². The van der Waals surface area contributed by atoms with Gasteiger partial charge in [0.2, 0.25) is 0 Å². The summed E-state index contributed by atoms with van der Waals surface area (Å²) in [7, 11) is 1.61. The number of hydrogen-bond acceptors (Lipinski definition) is 8. The molecule has 1 aromatic heterocycles. The van der Waals surface area contributed by atoms with Crippen molar-refractivity contribution in [3.05, 3.63) is 82.0 Å². The fourth-order valence-electron chi connectivity index (χ4n) is 4.16. The second-order valence-corrected chi connectivity index (χ2v) is 9.06. The maximum atomic E-state index is 12.9. The van der Waals surface area contributed by atoms with Gasteiger partial charge in [-0.15, -0.1) is 0 Å². The molecule has 0 amide bonds. The van der Waals surface area contributed by atoms with Crippen LogP contribution in [0.2, 0.25) is 0 Å². The van der Waals surface area contributed by atoms with Gasteiger partial charge in [-0.25, -0.2) is 4.79 Å². The number of benzene rings is 3. The smallest absolute Gasteiger partial charge is 0.338 e. The molecule has 38 heavy (non-hydrogen) atoms. The second-order valence-electron chi connectivity index (χ2n) is 9.06. The first kappa shape index (κ1) is 26.6. The Hall–Kier alpha value is -4.46. The van der Waals surface area contributed by atoms with Crippen LogP contribution in [0, 0.1) is 6.92 Å². The van der Waals surface area contributed by atoms with Gasteiger partial charge in [0.05, 0.1) is 31.3 Å². The summed E-state index contributed by atoms with van der Waals surface area (Å²) in [5, 5.41) is 0.516. The van der Waals surface area contributed by atoms with E-state index >= 15 is 0 Å². The van der Waals surface area contributed by atoms with Crippen LogP contribution in [0.3, 0.4) is 0 Å². The number of unbranched alkanes of at least 4 members (excludes halogenated alkanes) is 3. The lowest BCUT2D eigenvalue weighted by Crippen LogP contribution is -2.08. The number of carbonyl (C=O) groups is 1. The maximum Gasteiger partial charge on any atom is 0.338 e. The SMILES string of the molecule is COc1ccc(-c2oc3cc(OCCCCCCOC(=O)c4cc(N)cc(N)c4)ccc3c(=O)c2C)cc1. The lowest BCUT2D eigenvalue weighted by molar-refractivity contribution is 0.0497. The van der Waals surface area contributed by atoms with Crippen LogP contribution in [0.4, 0.5) is 11.4 Å². The highest BCUT2D eigenvalue weighted by Gasteiger charge is 2.14. The second kappa shape index (κ2) is 12.2. The zero-order valence-electron chi connectivity index (χ0n) is 21.6. The maximum absolute atomic E-state index is 12.9. The molecule has 4 aromatic rings. The predicted octanol–water partition coefficient (Wildman–Crippen LogP) is 5.74. The van der Waals surface area contributed by atoms with E-state index in [1.165, 1.54) is 0 Å². The molecule has 0 aliphatic carbocycles. The van der Waals surface area contributed by atoms with Crippen LogP contribution in [-0.2, 0) is 4.74 Å². The van der Waals surface area contributed by atoms with Gasteiger partial charge in [0.25, 0.3) is 0 Å². The van der Waals surface area contributed by atoms with Crippen LogP contribution in [0.5, 0.6) is 11.5 Å². The van der Waals surface area contributed by atoms with Crippen molar-refractivity contribution in [2.45, 2.75) is 32.6 Å². The van der Waals surface area contributed by atoms with Crippen molar-refractivity contribution >= 4 is 28.3 Å². The molecule has 0 saturated carbocycles. The van der Waals surface area contributed by atoms with Crippen LogP contribution in [0.15, 0.2) is 69.9 Å². The van der Waals surface area contributed by atoms with Gasteiger partial charge >= 0.3 is 5.97 Å². The van der Waals surface area contributed by atoms with Gasteiger partial charge in [0, 0.05) is 28.6 Å². The third-order valence-electron chi connectivity index (χ3n) is 6.20. The van der Waals surface area contributed by atoms with Crippen LogP contribution >= 0.6 is 0 Å². The average Bonchev–Trinajstić information content (AvgIpc) is 2.91. The Morgan fingerprint density at radius 3 is 2.18 bits per heavy atom. The Balaban J connectivity index is 1.26. The molecule has 0 atom stereocenters. The number of nitrogen functional groups attached to an aromatic ring is 2. The van der Waals surface area contributed by atoms with Crippen LogP contribution < -0.4 is 26.4 Å². The summed E-state index contributed by atoms with van der Waals surface area (Å²) in [4.78, 5) is 25.0. The minimum Gasteiger partial charge on any atom is -0.497 e. The quantitative estimate of drug-likeness (QED) is 0.147. The molecule has 0 saturated heterocycles. The summed E-state index contributed by atoms with van der Waals surface area (Å²) >= 11 is 0. The number of ether oxygens (including phenoxy) is 3. The number of rotatable bonds is 11. The van der Waals surface area contributed by atoms with Crippen molar-refractivity contribution in [1.29, 1.82) is 0 Å². The van der Waals surface area contributed by atoms with E-state index in [-0.39, 0.29) is 5.43 Å². The van der Waals surface area contributed by atoms with E-state index in [0.717, 1.165) is 37.0 Å². The summed E-state index contributed by atoms with van der Waals surface area (Å²) in [5.41, 5.74) is 14.4. The minimum atomic E-state index is -0.430. The van der Waals surface area contributed by atoms with Gasteiger partial charge in [-0.2, -0.15) is 0 Å². The molecule has 198 valence electrons. The van der Waals surface area contributed by atoms with Gasteiger partial charge in [0.1, 0.15) is 22.8 Å². The summed E-state index contributed by atoms with van der Waals surface area (Å²) in [6.45, 7) is 2.62. The van der Waals surface area contributed by atoms with E-state index in [2.05, 4.69) is 0 Å². The average molecular weight is 517 g/mol. The minimum absolute atomic E-state index is 0.0662. The number of nitrogens with two attached hydrogens (primary N) is 2. The first-order chi connectivity index (χ1) is 18.4. The molecule has 0 aliphatic heterocycles. The number of fused-ring (bicyclic) bond motifs is 1. The third kappa shape index (κ3) is 6.45. The number of methoxy groups -OCH3 is 1. The molecule has 1 heterocycles. The Morgan fingerprint density at radius 1 is 0.842 bits per heavy atom. The lowest BCUT2D eigenvalue weighted by atomic mass is 10.1. The zero-order valence-corrected chi connectivity index (χ0v) is 21.6. The molecule has 4 N–H and O–H groups in total. The Morgan fingerprint density at radius 2 is 1.50 bits per heavy atom. The number of anilines is 2. The predicted molar refractivity (Wildman–Crippen MR) is 149 cm³/mol. The van der Waals surface area contributed by atoms with Gasteiger partial charge < -0.3 is 30.1 Å². The molecule has 4 rings (SSSR count). The molecule has 0 bridgehead atoms. The van der Waals surface area contributed by atoms with Crippen molar-refractivity contribution in [1.82, 2.24) is 0 Å². The molecule has 8 nitrogen and oxygen atoms in total. The number of hydrogen-bond donors (Lipinski definition) is 2. The van der Waals surface area contributed by atoms with E-state index in [1.54, 1.807) is 50.4 Å². The molecule has 0 spiro atoms. The molecular formula is C30H32N2O6. The molecule has 0 fully saturated rings. The van der Waals surface area contributed by atoms with Crippen molar-refractivity contribution in [3.63, 3.8) is 0 Å². The summed E-state index contributed by atoms with van der Waals surface area (Å²) < 4.78 is 22.5. The summed E-state index contributed by atoms with van der Waals surface area (Å²) in [5.74, 6) is 1.47.